The van der Waals surface area contributed by atoms with Gasteiger partial charge in [0.25, 0.3) is 0 Å². The lowest BCUT2D eigenvalue weighted by atomic mass is 9.98. The minimum atomic E-state index is 0.858. The maximum Gasteiger partial charge on any atom is 0.123 e. The van der Waals surface area contributed by atoms with Gasteiger partial charge in [0, 0.05) is 29.2 Å². The first-order chi connectivity index (χ1) is 9.29. The van der Waals surface area contributed by atoms with Crippen molar-refractivity contribution in [2.24, 2.45) is 0 Å². The Labute approximate surface area is 114 Å². The molecule has 3 nitrogen and oxygen atoms in total. The molecule has 0 saturated heterocycles. The van der Waals surface area contributed by atoms with Crippen molar-refractivity contribution in [3.05, 3.63) is 29.5 Å². The van der Waals surface area contributed by atoms with Gasteiger partial charge in [-0.25, -0.2) is 0 Å². The highest BCUT2D eigenvalue weighted by atomic mass is 16.5. The van der Waals surface area contributed by atoms with Crippen LogP contribution in [0.3, 0.4) is 0 Å². The number of nitrogens with one attached hydrogen (secondary N) is 1. The van der Waals surface area contributed by atoms with Crippen LogP contribution in [0.25, 0.3) is 10.9 Å². The van der Waals surface area contributed by atoms with Crippen molar-refractivity contribution in [1.82, 2.24) is 9.88 Å². The van der Waals surface area contributed by atoms with Gasteiger partial charge in [0.1, 0.15) is 5.75 Å². The quantitative estimate of drug-likeness (QED) is 0.913. The molecule has 0 bridgehead atoms. The summed E-state index contributed by atoms with van der Waals surface area (Å²) < 4.78 is 5.78. The fraction of sp³-hybridized carbons (Fsp3) is 0.500. The Morgan fingerprint density at radius 2 is 2.26 bits per heavy atom. The second-order valence-corrected chi connectivity index (χ2v) is 5.38. The molecular formula is C16H22N2O. The molecule has 0 fully saturated rings. The molecule has 3 rings (SSSR count). The van der Waals surface area contributed by atoms with Crippen molar-refractivity contribution >= 4 is 10.9 Å². The lowest BCUT2D eigenvalue weighted by Crippen LogP contribution is -2.20. The van der Waals surface area contributed by atoms with Gasteiger partial charge in [-0.05, 0) is 50.6 Å². The molecule has 0 radical (unpaired) electrons. The first-order valence-electron chi connectivity index (χ1n) is 7.22. The van der Waals surface area contributed by atoms with E-state index in [4.69, 9.17) is 4.74 Å². The molecule has 102 valence electrons. The highest BCUT2D eigenvalue weighted by molar-refractivity contribution is 5.89. The number of aromatic nitrogens is 1. The first kappa shape index (κ1) is 12.5. The Bertz CT molecular complexity index is 573. The number of rotatable bonds is 4. The van der Waals surface area contributed by atoms with Crippen LogP contribution in [0, 0.1) is 0 Å². The summed E-state index contributed by atoms with van der Waals surface area (Å²) in [6.07, 6.45) is 5.54. The maximum atomic E-state index is 5.78. The van der Waals surface area contributed by atoms with Crippen molar-refractivity contribution < 1.29 is 4.74 Å². The second kappa shape index (κ2) is 5.25. The first-order valence-corrected chi connectivity index (χ1v) is 7.22. The summed E-state index contributed by atoms with van der Waals surface area (Å²) in [6.45, 7) is 5.26. The van der Waals surface area contributed by atoms with E-state index in [0.717, 1.165) is 44.7 Å². The van der Waals surface area contributed by atoms with Crippen LogP contribution in [0.4, 0.5) is 0 Å². The van der Waals surface area contributed by atoms with Gasteiger partial charge >= 0.3 is 0 Å². The Balaban J connectivity index is 1.96. The van der Waals surface area contributed by atoms with Crippen LogP contribution in [0.5, 0.6) is 5.75 Å². The average Bonchev–Trinajstić information content (AvgIpc) is 2.88. The minimum absolute atomic E-state index is 0.858. The van der Waals surface area contributed by atoms with Gasteiger partial charge < -0.3 is 14.6 Å². The van der Waals surface area contributed by atoms with E-state index >= 15 is 0 Å². The van der Waals surface area contributed by atoms with Gasteiger partial charge in [0.2, 0.25) is 0 Å². The zero-order chi connectivity index (χ0) is 13.2. The highest BCUT2D eigenvalue weighted by Crippen LogP contribution is 2.34. The molecule has 1 aliphatic rings. The third-order valence-corrected chi connectivity index (χ3v) is 4.12. The van der Waals surface area contributed by atoms with Gasteiger partial charge in [-0.2, -0.15) is 0 Å². The molecule has 3 heteroatoms. The Morgan fingerprint density at radius 1 is 1.37 bits per heavy atom. The second-order valence-electron chi connectivity index (χ2n) is 5.38. The Kier molecular flexibility index (Phi) is 3.47. The predicted octanol–water partition coefficient (Wildman–Crippen LogP) is 2.99. The zero-order valence-electron chi connectivity index (χ0n) is 11.8. The largest absolute Gasteiger partial charge is 0.493 e. The van der Waals surface area contributed by atoms with Crippen molar-refractivity contribution in [3.8, 4) is 5.75 Å². The van der Waals surface area contributed by atoms with E-state index in [1.165, 1.54) is 22.0 Å². The van der Waals surface area contributed by atoms with Gasteiger partial charge in [0.15, 0.2) is 0 Å². The van der Waals surface area contributed by atoms with Gasteiger partial charge in [-0.3, -0.25) is 0 Å². The van der Waals surface area contributed by atoms with E-state index < -0.39 is 0 Å². The summed E-state index contributed by atoms with van der Waals surface area (Å²) in [5.74, 6) is 1.09. The molecule has 1 aromatic heterocycles. The van der Waals surface area contributed by atoms with Crippen LogP contribution in [0.2, 0.25) is 0 Å². The molecule has 19 heavy (non-hydrogen) atoms. The molecule has 1 aromatic carbocycles. The molecule has 0 amide bonds. The fourth-order valence-electron chi connectivity index (χ4n) is 2.83. The van der Waals surface area contributed by atoms with E-state index in [2.05, 4.69) is 42.2 Å². The van der Waals surface area contributed by atoms with Crippen LogP contribution in [-0.2, 0) is 12.8 Å². The number of hydrogen-bond donors (Lipinski definition) is 1. The number of benzene rings is 1. The third kappa shape index (κ3) is 2.35. The van der Waals surface area contributed by atoms with Crippen LogP contribution in [0.15, 0.2) is 18.3 Å². The Hall–Kier alpha value is -1.48. The average molecular weight is 258 g/mol. The van der Waals surface area contributed by atoms with E-state index in [-0.39, 0.29) is 0 Å². The molecule has 0 atom stereocenters. The van der Waals surface area contributed by atoms with Gasteiger partial charge in [0.05, 0.1) is 6.61 Å². The number of aryl methyl sites for hydroxylation is 1. The molecule has 0 spiro atoms. The molecule has 2 heterocycles. The fourth-order valence-corrected chi connectivity index (χ4v) is 2.83. The van der Waals surface area contributed by atoms with Crippen LogP contribution < -0.4 is 4.74 Å². The van der Waals surface area contributed by atoms with Crippen LogP contribution in [0.1, 0.15) is 24.5 Å². The van der Waals surface area contributed by atoms with Gasteiger partial charge in [-0.1, -0.05) is 6.92 Å². The third-order valence-electron chi connectivity index (χ3n) is 4.12. The van der Waals surface area contributed by atoms with Crippen molar-refractivity contribution in [2.75, 3.05) is 26.7 Å². The number of ether oxygens (including phenoxy) is 1. The number of nitrogens with zero attached hydrogens (tertiary/aromatic N) is 1. The molecule has 0 aliphatic carbocycles. The summed E-state index contributed by atoms with van der Waals surface area (Å²) in [5.41, 5.74) is 4.08. The molecule has 1 N–H and O–H groups in total. The van der Waals surface area contributed by atoms with E-state index in [1.54, 1.807) is 0 Å². The smallest absolute Gasteiger partial charge is 0.123 e. The summed E-state index contributed by atoms with van der Waals surface area (Å²) >= 11 is 0. The van der Waals surface area contributed by atoms with Gasteiger partial charge in [-0.15, -0.1) is 0 Å². The number of hydrogen-bond acceptors (Lipinski definition) is 2. The summed E-state index contributed by atoms with van der Waals surface area (Å²) in [7, 11) is 2.17. The summed E-state index contributed by atoms with van der Waals surface area (Å²) in [6, 6.07) is 4.25. The van der Waals surface area contributed by atoms with Crippen molar-refractivity contribution in [3.63, 3.8) is 0 Å². The lowest BCUT2D eigenvalue weighted by Gasteiger charge is -2.19. The molecule has 0 saturated carbocycles. The van der Waals surface area contributed by atoms with Crippen LogP contribution >= 0.6 is 0 Å². The SMILES string of the molecule is CCN(C)CCc1c[nH]c2ccc3c(c12)CCCO3. The standard InChI is InChI=1S/C16H22N2O/c1-3-18(2)9-8-12-11-17-14-6-7-15-13(16(12)14)5-4-10-19-15/h6-7,11,17H,3-5,8-10H2,1-2H3. The van der Waals surface area contributed by atoms with E-state index in [0.29, 0.717) is 0 Å². The number of fused-ring (bicyclic) bond motifs is 3. The molecule has 1 aliphatic heterocycles. The molecule has 0 unspecified atom stereocenters. The summed E-state index contributed by atoms with van der Waals surface area (Å²) in [4.78, 5) is 5.76. The van der Waals surface area contributed by atoms with Crippen molar-refractivity contribution in [2.45, 2.75) is 26.2 Å². The van der Waals surface area contributed by atoms with E-state index in [1.807, 2.05) is 0 Å². The Morgan fingerprint density at radius 3 is 3.11 bits per heavy atom. The molecule has 2 aromatic rings. The minimum Gasteiger partial charge on any atom is -0.493 e. The number of likely N-dealkylation sites (N-methyl/N-ethyl adjacent to an activating group) is 1. The lowest BCUT2D eigenvalue weighted by molar-refractivity contribution is 0.289. The van der Waals surface area contributed by atoms with Crippen LogP contribution in [-0.4, -0.2) is 36.6 Å². The topological polar surface area (TPSA) is 28.3 Å². The zero-order valence-corrected chi connectivity index (χ0v) is 11.8. The van der Waals surface area contributed by atoms with E-state index in [9.17, 15) is 0 Å². The maximum absolute atomic E-state index is 5.78. The highest BCUT2D eigenvalue weighted by Gasteiger charge is 2.17. The molecular weight excluding hydrogens is 236 g/mol. The van der Waals surface area contributed by atoms with Crippen molar-refractivity contribution in [1.29, 1.82) is 0 Å². The predicted molar refractivity (Wildman–Crippen MR) is 79.0 cm³/mol. The normalized spacial score (nSPS) is 14.7. The number of H-pyrrole nitrogens is 1. The summed E-state index contributed by atoms with van der Waals surface area (Å²) in [5, 5.41) is 1.40. The monoisotopic (exact) mass is 258 g/mol. The number of aromatic amines is 1.